The van der Waals surface area contributed by atoms with Gasteiger partial charge in [-0.15, -0.1) is 0 Å². The van der Waals surface area contributed by atoms with Crippen molar-refractivity contribution in [3.8, 4) is 67.8 Å². The van der Waals surface area contributed by atoms with E-state index in [9.17, 15) is 0 Å². The zero-order valence-electron chi connectivity index (χ0n) is 33.6. The lowest BCUT2D eigenvalue weighted by Crippen LogP contribution is -2.07. The molecule has 0 N–H and O–H groups in total. The molecule has 3 aromatic heterocycles. The Balaban J connectivity index is 1.12. The van der Waals surface area contributed by atoms with Gasteiger partial charge < -0.3 is 4.57 Å². The van der Waals surface area contributed by atoms with E-state index in [1.807, 2.05) is 24.3 Å². The van der Waals surface area contributed by atoms with Crippen molar-refractivity contribution in [2.75, 3.05) is 0 Å². The van der Waals surface area contributed by atoms with Crippen LogP contribution in [0.5, 0.6) is 0 Å². The highest BCUT2D eigenvalue weighted by molar-refractivity contribution is 6.28. The molecule has 9 aromatic carbocycles. The first-order valence-electron chi connectivity index (χ1n) is 21.0. The first-order chi connectivity index (χ1) is 30.8. The molecule has 0 radical (unpaired) electrons. The molecule has 5 heteroatoms. The van der Waals surface area contributed by atoms with E-state index in [0.29, 0.717) is 17.6 Å². The highest BCUT2D eigenvalue weighted by atomic mass is 15.2. The van der Waals surface area contributed by atoms with Crippen LogP contribution in [0.25, 0.3) is 111 Å². The maximum absolute atomic E-state index is 5.39. The molecule has 0 aliphatic rings. The molecule has 0 atom stereocenters. The van der Waals surface area contributed by atoms with Crippen molar-refractivity contribution in [1.29, 1.82) is 0 Å². The van der Waals surface area contributed by atoms with E-state index in [1.54, 1.807) is 0 Å². The van der Waals surface area contributed by atoms with Crippen molar-refractivity contribution < 1.29 is 0 Å². The summed E-state index contributed by atoms with van der Waals surface area (Å²) in [5.41, 5.74) is 14.2. The van der Waals surface area contributed by atoms with Crippen molar-refractivity contribution >= 4 is 43.6 Å². The Morgan fingerprint density at radius 2 is 0.710 bits per heavy atom. The monoisotopic (exact) mass is 791 g/mol. The smallest absolute Gasteiger partial charge is 0.238 e. The van der Waals surface area contributed by atoms with Crippen molar-refractivity contribution in [1.82, 2.24) is 24.1 Å². The molecule has 5 nitrogen and oxygen atoms in total. The Morgan fingerprint density at radius 1 is 0.290 bits per heavy atom. The van der Waals surface area contributed by atoms with Crippen LogP contribution < -0.4 is 0 Å². The third-order valence-corrected chi connectivity index (χ3v) is 12.0. The molecule has 0 aliphatic heterocycles. The summed E-state index contributed by atoms with van der Waals surface area (Å²) in [7, 11) is 0. The molecule has 3 heterocycles. The topological polar surface area (TPSA) is 48.5 Å². The SMILES string of the molecule is c1ccc(-c2ccc(-c3ccc(-c4nc(-c5ccccc5)nc(-n5c6ccccc6c6cc(-c7ccccc7)c7c8ccccc8n(-c8ccccc8)c7c65)n4)cc3)cc2)cc1. The normalized spacial score (nSPS) is 11.5. The zero-order valence-corrected chi connectivity index (χ0v) is 33.6. The van der Waals surface area contributed by atoms with Crippen molar-refractivity contribution in [3.05, 3.63) is 224 Å². The summed E-state index contributed by atoms with van der Waals surface area (Å²) in [4.78, 5) is 15.9. The lowest BCUT2D eigenvalue weighted by atomic mass is 9.96. The molecule has 62 heavy (non-hydrogen) atoms. The summed E-state index contributed by atoms with van der Waals surface area (Å²) < 4.78 is 4.68. The van der Waals surface area contributed by atoms with Gasteiger partial charge in [0.1, 0.15) is 0 Å². The fourth-order valence-electron chi connectivity index (χ4n) is 9.10. The second kappa shape index (κ2) is 14.7. The van der Waals surface area contributed by atoms with Gasteiger partial charge >= 0.3 is 0 Å². The minimum Gasteiger partial charge on any atom is -0.307 e. The van der Waals surface area contributed by atoms with Crippen LogP contribution in [-0.2, 0) is 0 Å². The molecule has 0 fully saturated rings. The van der Waals surface area contributed by atoms with E-state index < -0.39 is 0 Å². The van der Waals surface area contributed by atoms with Gasteiger partial charge in [-0.2, -0.15) is 9.97 Å². The van der Waals surface area contributed by atoms with Crippen molar-refractivity contribution in [2.24, 2.45) is 0 Å². The average Bonchev–Trinajstić information content (AvgIpc) is 3.88. The lowest BCUT2D eigenvalue weighted by molar-refractivity contribution is 0.953. The number of para-hydroxylation sites is 3. The molecule has 290 valence electrons. The van der Waals surface area contributed by atoms with Crippen LogP contribution in [-0.4, -0.2) is 24.1 Å². The molecule has 0 spiro atoms. The van der Waals surface area contributed by atoms with Crippen LogP contribution in [0.15, 0.2) is 224 Å². The molecular weight excluding hydrogens is 755 g/mol. The van der Waals surface area contributed by atoms with Gasteiger partial charge in [-0.05, 0) is 63.7 Å². The second-order valence-electron chi connectivity index (χ2n) is 15.6. The van der Waals surface area contributed by atoms with Gasteiger partial charge in [-0.3, -0.25) is 4.57 Å². The minimum absolute atomic E-state index is 0.555. The Bertz CT molecular complexity index is 3580. The van der Waals surface area contributed by atoms with Crippen LogP contribution in [0, 0.1) is 0 Å². The van der Waals surface area contributed by atoms with E-state index in [4.69, 9.17) is 15.0 Å². The molecule has 0 amide bonds. The van der Waals surface area contributed by atoms with Crippen LogP contribution >= 0.6 is 0 Å². The van der Waals surface area contributed by atoms with Crippen molar-refractivity contribution in [3.63, 3.8) is 0 Å². The summed E-state index contributed by atoms with van der Waals surface area (Å²) in [5.74, 6) is 1.77. The second-order valence-corrected chi connectivity index (χ2v) is 15.6. The van der Waals surface area contributed by atoms with Gasteiger partial charge in [-0.25, -0.2) is 4.98 Å². The predicted octanol–water partition coefficient (Wildman–Crippen LogP) is 14.4. The van der Waals surface area contributed by atoms with Gasteiger partial charge in [0.2, 0.25) is 5.95 Å². The number of hydrogen-bond donors (Lipinski definition) is 0. The Labute approximate surface area is 358 Å². The van der Waals surface area contributed by atoms with Crippen LogP contribution in [0.2, 0.25) is 0 Å². The Kier molecular flexibility index (Phi) is 8.42. The van der Waals surface area contributed by atoms with Crippen LogP contribution in [0.1, 0.15) is 0 Å². The highest BCUT2D eigenvalue weighted by Crippen LogP contribution is 2.46. The maximum Gasteiger partial charge on any atom is 0.238 e. The minimum atomic E-state index is 0.555. The molecule has 0 saturated carbocycles. The van der Waals surface area contributed by atoms with Gasteiger partial charge in [0, 0.05) is 38.4 Å². The first kappa shape index (κ1) is 35.5. The molecule has 0 bridgehead atoms. The summed E-state index contributed by atoms with van der Waals surface area (Å²) in [6.07, 6.45) is 0. The molecule has 0 aliphatic carbocycles. The number of benzene rings is 9. The van der Waals surface area contributed by atoms with Crippen LogP contribution in [0.4, 0.5) is 0 Å². The van der Waals surface area contributed by atoms with Gasteiger partial charge in [0.25, 0.3) is 0 Å². The fraction of sp³-hybridized carbons (Fsp3) is 0. The fourth-order valence-corrected chi connectivity index (χ4v) is 9.10. The molecule has 12 rings (SSSR count). The Morgan fingerprint density at radius 3 is 1.29 bits per heavy atom. The summed E-state index contributed by atoms with van der Waals surface area (Å²) in [6.45, 7) is 0. The average molecular weight is 792 g/mol. The van der Waals surface area contributed by atoms with Gasteiger partial charge in [-0.1, -0.05) is 194 Å². The molecule has 0 unspecified atom stereocenters. The Hall–Kier alpha value is -8.41. The number of rotatable bonds is 7. The highest BCUT2D eigenvalue weighted by Gasteiger charge is 2.26. The number of nitrogens with zero attached hydrogens (tertiary/aromatic N) is 5. The van der Waals surface area contributed by atoms with E-state index in [2.05, 4.69) is 209 Å². The van der Waals surface area contributed by atoms with E-state index in [-0.39, 0.29) is 0 Å². The molecular formula is C57H37N5. The maximum atomic E-state index is 5.39. The van der Waals surface area contributed by atoms with Crippen LogP contribution in [0.3, 0.4) is 0 Å². The van der Waals surface area contributed by atoms with Crippen molar-refractivity contribution in [2.45, 2.75) is 0 Å². The third-order valence-electron chi connectivity index (χ3n) is 12.0. The summed E-state index contributed by atoms with van der Waals surface area (Å²) in [6, 6.07) is 79.2. The molecule has 0 saturated heterocycles. The first-order valence-corrected chi connectivity index (χ1v) is 21.0. The predicted molar refractivity (Wildman–Crippen MR) is 256 cm³/mol. The zero-order chi connectivity index (χ0) is 41.0. The largest absolute Gasteiger partial charge is 0.307 e. The number of hydrogen-bond acceptors (Lipinski definition) is 3. The van der Waals surface area contributed by atoms with E-state index in [0.717, 1.165) is 66.3 Å². The lowest BCUT2D eigenvalue weighted by Gasteiger charge is -2.14. The quantitative estimate of drug-likeness (QED) is 0.162. The van der Waals surface area contributed by atoms with Gasteiger partial charge in [0.15, 0.2) is 11.6 Å². The number of fused-ring (bicyclic) bond motifs is 7. The van der Waals surface area contributed by atoms with E-state index in [1.165, 1.54) is 27.5 Å². The standard InChI is InChI=1S/C57H37N5/c1-5-17-38(18-6-1)39-29-31-40(32-30-39)41-33-35-44(36-34-41)56-58-55(43-21-9-3-10-22-43)59-57(60-56)62-50-27-15-13-25-46(50)49-37-48(42-19-7-2-8-20-42)52-47-26-14-16-28-51(47)61(54(52)53(49)62)45-23-11-4-12-24-45/h1-37H. The summed E-state index contributed by atoms with van der Waals surface area (Å²) in [5, 5.41) is 4.60. The van der Waals surface area contributed by atoms with Gasteiger partial charge in [0.05, 0.1) is 22.1 Å². The van der Waals surface area contributed by atoms with E-state index >= 15 is 0 Å². The molecule has 12 aromatic rings. The summed E-state index contributed by atoms with van der Waals surface area (Å²) >= 11 is 0. The third kappa shape index (κ3) is 5.90. The number of aromatic nitrogens is 5.